The van der Waals surface area contributed by atoms with Crippen LogP contribution in [0.2, 0.25) is 0 Å². The molecule has 4 nitrogen and oxygen atoms in total. The standard InChI is InChI=1S/C20H21FN2O2/c1-15-11-13-22(14-12-15)20(25)23(18-5-3-2-4-6-18)19(24)16-7-9-17(21)10-8-16/h2-10,15H,11-14H2,1H3. The molecular formula is C20H21FN2O2. The molecule has 1 saturated heterocycles. The second-order valence-electron chi connectivity index (χ2n) is 6.44. The van der Waals surface area contributed by atoms with Gasteiger partial charge in [0.1, 0.15) is 5.82 Å². The van der Waals surface area contributed by atoms with Gasteiger partial charge in [-0.3, -0.25) is 4.79 Å². The van der Waals surface area contributed by atoms with E-state index in [9.17, 15) is 14.0 Å². The number of likely N-dealkylation sites (tertiary alicyclic amines) is 1. The number of hydrogen-bond acceptors (Lipinski definition) is 2. The maximum Gasteiger partial charge on any atom is 0.331 e. The normalized spacial score (nSPS) is 15.0. The van der Waals surface area contributed by atoms with E-state index in [1.54, 1.807) is 29.2 Å². The summed E-state index contributed by atoms with van der Waals surface area (Å²) < 4.78 is 13.2. The number of benzene rings is 2. The quantitative estimate of drug-likeness (QED) is 0.817. The van der Waals surface area contributed by atoms with Gasteiger partial charge in [0.05, 0.1) is 5.69 Å². The second-order valence-corrected chi connectivity index (χ2v) is 6.44. The number of imide groups is 1. The molecular weight excluding hydrogens is 319 g/mol. The van der Waals surface area contributed by atoms with E-state index in [2.05, 4.69) is 6.92 Å². The first-order chi connectivity index (χ1) is 12.1. The summed E-state index contributed by atoms with van der Waals surface area (Å²) in [5.74, 6) is -0.281. The Hall–Kier alpha value is -2.69. The maximum absolute atomic E-state index is 13.2. The van der Waals surface area contributed by atoms with Gasteiger partial charge in [0.15, 0.2) is 0 Å². The Balaban J connectivity index is 1.91. The van der Waals surface area contributed by atoms with E-state index in [0.717, 1.165) is 12.8 Å². The fourth-order valence-electron chi connectivity index (χ4n) is 2.95. The number of piperidine rings is 1. The third kappa shape index (κ3) is 3.87. The molecule has 0 aliphatic carbocycles. The number of halogens is 1. The number of carbonyl (C=O) groups is 2. The van der Waals surface area contributed by atoms with E-state index in [1.165, 1.54) is 29.2 Å². The van der Waals surface area contributed by atoms with Gasteiger partial charge in [-0.25, -0.2) is 14.1 Å². The molecule has 0 atom stereocenters. The number of rotatable bonds is 2. The summed E-state index contributed by atoms with van der Waals surface area (Å²) >= 11 is 0. The van der Waals surface area contributed by atoms with Crippen molar-refractivity contribution >= 4 is 17.6 Å². The predicted molar refractivity (Wildman–Crippen MR) is 95.0 cm³/mol. The molecule has 0 saturated carbocycles. The summed E-state index contributed by atoms with van der Waals surface area (Å²) in [7, 11) is 0. The van der Waals surface area contributed by atoms with Crippen LogP contribution in [-0.2, 0) is 0 Å². The average molecular weight is 340 g/mol. The zero-order chi connectivity index (χ0) is 17.8. The van der Waals surface area contributed by atoms with Gasteiger partial charge in [0, 0.05) is 18.7 Å². The Morgan fingerprint density at radius 2 is 1.60 bits per heavy atom. The average Bonchev–Trinajstić information content (AvgIpc) is 2.64. The smallest absolute Gasteiger partial charge is 0.324 e. The van der Waals surface area contributed by atoms with E-state index in [-0.39, 0.29) is 11.6 Å². The topological polar surface area (TPSA) is 40.6 Å². The molecule has 0 spiro atoms. The van der Waals surface area contributed by atoms with Crippen molar-refractivity contribution < 1.29 is 14.0 Å². The summed E-state index contributed by atoms with van der Waals surface area (Å²) in [5, 5.41) is 0. The van der Waals surface area contributed by atoms with Crippen molar-refractivity contribution in [1.82, 2.24) is 4.90 Å². The molecule has 2 aromatic rings. The summed E-state index contributed by atoms with van der Waals surface area (Å²) in [6.45, 7) is 3.44. The Bertz CT molecular complexity index is 738. The van der Waals surface area contributed by atoms with Gasteiger partial charge in [0.2, 0.25) is 0 Å². The lowest BCUT2D eigenvalue weighted by Crippen LogP contribution is -2.49. The van der Waals surface area contributed by atoms with Crippen LogP contribution in [0.5, 0.6) is 0 Å². The molecule has 1 heterocycles. The molecule has 130 valence electrons. The first-order valence-corrected chi connectivity index (χ1v) is 8.50. The van der Waals surface area contributed by atoms with Crippen LogP contribution in [0.1, 0.15) is 30.1 Å². The number of para-hydroxylation sites is 1. The van der Waals surface area contributed by atoms with Gasteiger partial charge < -0.3 is 4.90 Å². The van der Waals surface area contributed by atoms with Crippen molar-refractivity contribution in [2.75, 3.05) is 18.0 Å². The first kappa shape index (κ1) is 17.1. The Labute approximate surface area is 146 Å². The highest BCUT2D eigenvalue weighted by atomic mass is 19.1. The zero-order valence-electron chi connectivity index (χ0n) is 14.2. The van der Waals surface area contributed by atoms with Crippen molar-refractivity contribution in [1.29, 1.82) is 0 Å². The molecule has 0 N–H and O–H groups in total. The summed E-state index contributed by atoms with van der Waals surface area (Å²) in [6, 6.07) is 13.8. The largest absolute Gasteiger partial charge is 0.331 e. The third-order valence-electron chi connectivity index (χ3n) is 4.55. The fraction of sp³-hybridized carbons (Fsp3) is 0.300. The number of hydrogen-bond donors (Lipinski definition) is 0. The van der Waals surface area contributed by atoms with E-state index < -0.39 is 11.7 Å². The SMILES string of the molecule is CC1CCN(C(=O)N(C(=O)c2ccc(F)cc2)c2ccccc2)CC1. The van der Waals surface area contributed by atoms with Crippen molar-refractivity contribution in [3.05, 3.63) is 66.0 Å². The molecule has 25 heavy (non-hydrogen) atoms. The van der Waals surface area contributed by atoms with Crippen LogP contribution >= 0.6 is 0 Å². The second kappa shape index (κ2) is 7.47. The molecule has 0 radical (unpaired) electrons. The van der Waals surface area contributed by atoms with Crippen LogP contribution in [0, 0.1) is 11.7 Å². The molecule has 3 amide bonds. The maximum atomic E-state index is 13.2. The van der Waals surface area contributed by atoms with Crippen molar-refractivity contribution in [3.8, 4) is 0 Å². The fourth-order valence-corrected chi connectivity index (χ4v) is 2.95. The highest BCUT2D eigenvalue weighted by molar-refractivity contribution is 6.20. The third-order valence-corrected chi connectivity index (χ3v) is 4.55. The summed E-state index contributed by atoms with van der Waals surface area (Å²) in [5.41, 5.74) is 0.796. The molecule has 5 heteroatoms. The number of urea groups is 1. The molecule has 1 fully saturated rings. The lowest BCUT2D eigenvalue weighted by molar-refractivity contribution is 0.0981. The van der Waals surface area contributed by atoms with Crippen LogP contribution in [0.3, 0.4) is 0 Å². The Kier molecular flexibility index (Phi) is 5.12. The minimum Gasteiger partial charge on any atom is -0.324 e. The molecule has 2 aromatic carbocycles. The molecule has 0 unspecified atom stereocenters. The van der Waals surface area contributed by atoms with Gasteiger partial charge in [0.25, 0.3) is 5.91 Å². The minimum absolute atomic E-state index is 0.281. The molecule has 0 bridgehead atoms. The van der Waals surface area contributed by atoms with Gasteiger partial charge in [-0.15, -0.1) is 0 Å². The minimum atomic E-state index is -0.449. The molecule has 1 aliphatic rings. The van der Waals surface area contributed by atoms with Crippen LogP contribution < -0.4 is 4.90 Å². The molecule has 1 aliphatic heterocycles. The predicted octanol–water partition coefficient (Wildman–Crippen LogP) is 4.32. The first-order valence-electron chi connectivity index (χ1n) is 8.50. The van der Waals surface area contributed by atoms with Crippen molar-refractivity contribution in [2.24, 2.45) is 5.92 Å². The van der Waals surface area contributed by atoms with Gasteiger partial charge in [-0.2, -0.15) is 0 Å². The summed E-state index contributed by atoms with van der Waals surface area (Å²) in [4.78, 5) is 28.9. The van der Waals surface area contributed by atoms with Crippen LogP contribution in [-0.4, -0.2) is 29.9 Å². The zero-order valence-corrected chi connectivity index (χ0v) is 14.2. The Morgan fingerprint density at radius 3 is 2.20 bits per heavy atom. The number of anilines is 1. The molecule has 0 aromatic heterocycles. The summed E-state index contributed by atoms with van der Waals surface area (Å²) in [6.07, 6.45) is 1.86. The van der Waals surface area contributed by atoms with Gasteiger partial charge >= 0.3 is 6.03 Å². The highest BCUT2D eigenvalue weighted by Crippen LogP contribution is 2.23. The van der Waals surface area contributed by atoms with E-state index in [4.69, 9.17) is 0 Å². The highest BCUT2D eigenvalue weighted by Gasteiger charge is 2.30. The lowest BCUT2D eigenvalue weighted by Gasteiger charge is -2.34. The van der Waals surface area contributed by atoms with Crippen molar-refractivity contribution in [3.63, 3.8) is 0 Å². The van der Waals surface area contributed by atoms with Gasteiger partial charge in [-0.1, -0.05) is 25.1 Å². The van der Waals surface area contributed by atoms with E-state index in [0.29, 0.717) is 24.7 Å². The Morgan fingerprint density at radius 1 is 1.00 bits per heavy atom. The van der Waals surface area contributed by atoms with E-state index >= 15 is 0 Å². The van der Waals surface area contributed by atoms with Crippen LogP contribution in [0.25, 0.3) is 0 Å². The van der Waals surface area contributed by atoms with Crippen molar-refractivity contribution in [2.45, 2.75) is 19.8 Å². The monoisotopic (exact) mass is 340 g/mol. The lowest BCUT2D eigenvalue weighted by atomic mass is 9.99. The van der Waals surface area contributed by atoms with E-state index in [1.807, 2.05) is 6.07 Å². The number of carbonyl (C=O) groups excluding carboxylic acids is 2. The number of amides is 3. The molecule has 3 rings (SSSR count). The van der Waals surface area contributed by atoms with Gasteiger partial charge in [-0.05, 0) is 55.2 Å². The number of nitrogens with zero attached hydrogens (tertiary/aromatic N) is 2. The van der Waals surface area contributed by atoms with Crippen LogP contribution in [0.4, 0.5) is 14.9 Å². The van der Waals surface area contributed by atoms with Crippen LogP contribution in [0.15, 0.2) is 54.6 Å².